The summed E-state index contributed by atoms with van der Waals surface area (Å²) in [5.41, 5.74) is 1.06. The normalized spacial score (nSPS) is 11.6. The van der Waals surface area contributed by atoms with Crippen LogP contribution in [0.25, 0.3) is 0 Å². The van der Waals surface area contributed by atoms with Gasteiger partial charge >= 0.3 is 0 Å². The lowest BCUT2D eigenvalue weighted by atomic mass is 10.0. The molecule has 1 aromatic carbocycles. The molecule has 1 N–H and O–H groups in total. The molecule has 0 aliphatic heterocycles. The lowest BCUT2D eigenvalue weighted by Gasteiger charge is -2.10. The summed E-state index contributed by atoms with van der Waals surface area (Å²) in [6.07, 6.45) is 6.37. The summed E-state index contributed by atoms with van der Waals surface area (Å²) in [6, 6.07) is 11.9. The van der Waals surface area contributed by atoms with E-state index in [-0.39, 0.29) is 5.91 Å². The predicted octanol–water partition coefficient (Wildman–Crippen LogP) is 3.80. The zero-order valence-corrected chi connectivity index (χ0v) is 12.3. The SMILES string of the molecule is CCCCCCCC(C#N)C(=O)NCc1ccccc1. The molecule has 0 radical (unpaired) electrons. The Morgan fingerprint density at radius 3 is 2.55 bits per heavy atom. The molecule has 0 aliphatic carbocycles. The molecule has 1 amide bonds. The van der Waals surface area contributed by atoms with Crippen molar-refractivity contribution in [3.63, 3.8) is 0 Å². The number of unbranched alkanes of at least 4 members (excludes halogenated alkanes) is 4. The standard InChI is InChI=1S/C17H24N2O/c1-2-3-4-5-9-12-16(13-18)17(20)19-14-15-10-7-6-8-11-15/h6-8,10-11,16H,2-5,9,12,14H2,1H3,(H,19,20). The van der Waals surface area contributed by atoms with Gasteiger partial charge < -0.3 is 5.32 Å². The van der Waals surface area contributed by atoms with Crippen LogP contribution in [0.5, 0.6) is 0 Å². The summed E-state index contributed by atoms with van der Waals surface area (Å²) in [7, 11) is 0. The quantitative estimate of drug-likeness (QED) is 0.695. The monoisotopic (exact) mass is 272 g/mol. The summed E-state index contributed by atoms with van der Waals surface area (Å²) in [4.78, 5) is 11.9. The second kappa shape index (κ2) is 10.0. The summed E-state index contributed by atoms with van der Waals surface area (Å²) >= 11 is 0. The fourth-order valence-corrected chi connectivity index (χ4v) is 2.11. The Morgan fingerprint density at radius 2 is 1.90 bits per heavy atom. The van der Waals surface area contributed by atoms with Crippen LogP contribution in [-0.2, 0) is 11.3 Å². The molecule has 3 heteroatoms. The van der Waals surface area contributed by atoms with Crippen LogP contribution in [0.4, 0.5) is 0 Å². The molecular weight excluding hydrogens is 248 g/mol. The third-order valence-corrected chi connectivity index (χ3v) is 3.38. The van der Waals surface area contributed by atoms with Crippen LogP contribution in [0.15, 0.2) is 30.3 Å². The van der Waals surface area contributed by atoms with Gasteiger partial charge in [0.2, 0.25) is 5.91 Å². The van der Waals surface area contributed by atoms with Crippen LogP contribution in [0.3, 0.4) is 0 Å². The first kappa shape index (κ1) is 16.2. The van der Waals surface area contributed by atoms with Gasteiger partial charge in [0.25, 0.3) is 0 Å². The average Bonchev–Trinajstić information content (AvgIpc) is 2.49. The van der Waals surface area contributed by atoms with Crippen molar-refractivity contribution in [2.75, 3.05) is 0 Å². The first-order valence-electron chi connectivity index (χ1n) is 7.49. The van der Waals surface area contributed by atoms with E-state index in [1.54, 1.807) is 0 Å². The number of nitrogens with one attached hydrogen (secondary N) is 1. The fraction of sp³-hybridized carbons (Fsp3) is 0.529. The van der Waals surface area contributed by atoms with Gasteiger partial charge in [-0.1, -0.05) is 69.4 Å². The molecule has 0 heterocycles. The van der Waals surface area contributed by atoms with Gasteiger partial charge in [-0.3, -0.25) is 4.79 Å². The molecule has 0 fully saturated rings. The molecule has 1 aromatic rings. The lowest BCUT2D eigenvalue weighted by Crippen LogP contribution is -2.29. The van der Waals surface area contributed by atoms with E-state index in [0.29, 0.717) is 13.0 Å². The highest BCUT2D eigenvalue weighted by Gasteiger charge is 2.16. The summed E-state index contributed by atoms with van der Waals surface area (Å²) in [5.74, 6) is -0.660. The molecule has 1 atom stereocenters. The summed E-state index contributed by atoms with van der Waals surface area (Å²) in [6.45, 7) is 2.67. The highest BCUT2D eigenvalue weighted by Crippen LogP contribution is 2.11. The van der Waals surface area contributed by atoms with Crippen molar-refractivity contribution >= 4 is 5.91 Å². The highest BCUT2D eigenvalue weighted by molar-refractivity contribution is 5.80. The Balaban J connectivity index is 2.27. The number of hydrogen-bond acceptors (Lipinski definition) is 2. The molecule has 0 spiro atoms. The topological polar surface area (TPSA) is 52.9 Å². The van der Waals surface area contributed by atoms with Gasteiger partial charge in [0.15, 0.2) is 0 Å². The van der Waals surface area contributed by atoms with Crippen molar-refractivity contribution in [3.8, 4) is 6.07 Å². The van der Waals surface area contributed by atoms with E-state index in [9.17, 15) is 4.79 Å². The maximum absolute atomic E-state index is 11.9. The summed E-state index contributed by atoms with van der Waals surface area (Å²) in [5, 5.41) is 11.9. The van der Waals surface area contributed by atoms with Crippen molar-refractivity contribution in [2.24, 2.45) is 5.92 Å². The van der Waals surface area contributed by atoms with Gasteiger partial charge in [-0.2, -0.15) is 5.26 Å². The van der Waals surface area contributed by atoms with Gasteiger partial charge in [-0.25, -0.2) is 0 Å². The minimum absolute atomic E-state index is 0.146. The van der Waals surface area contributed by atoms with Crippen LogP contribution in [0.1, 0.15) is 51.0 Å². The zero-order valence-electron chi connectivity index (χ0n) is 12.3. The van der Waals surface area contributed by atoms with Gasteiger partial charge in [0.05, 0.1) is 6.07 Å². The molecule has 0 aromatic heterocycles. The maximum Gasteiger partial charge on any atom is 0.237 e. The number of amides is 1. The minimum atomic E-state index is -0.514. The minimum Gasteiger partial charge on any atom is -0.351 e. The van der Waals surface area contributed by atoms with Crippen molar-refractivity contribution in [2.45, 2.75) is 52.0 Å². The Morgan fingerprint density at radius 1 is 1.20 bits per heavy atom. The third-order valence-electron chi connectivity index (χ3n) is 3.38. The first-order chi connectivity index (χ1) is 9.77. The molecule has 1 rings (SSSR count). The van der Waals surface area contributed by atoms with Gasteiger partial charge in [-0.15, -0.1) is 0 Å². The van der Waals surface area contributed by atoms with Crippen LogP contribution < -0.4 is 5.32 Å². The Hall–Kier alpha value is -1.82. The number of nitriles is 1. The molecular formula is C17H24N2O. The van der Waals surface area contributed by atoms with Crippen molar-refractivity contribution in [1.82, 2.24) is 5.32 Å². The second-order valence-corrected chi connectivity index (χ2v) is 5.09. The number of benzene rings is 1. The lowest BCUT2D eigenvalue weighted by molar-refractivity contribution is -0.123. The largest absolute Gasteiger partial charge is 0.351 e. The molecule has 0 aliphatic rings. The van der Waals surface area contributed by atoms with Crippen LogP contribution in [-0.4, -0.2) is 5.91 Å². The second-order valence-electron chi connectivity index (χ2n) is 5.09. The Labute approximate surface area is 122 Å². The van der Waals surface area contributed by atoms with Crippen molar-refractivity contribution < 1.29 is 4.79 Å². The smallest absolute Gasteiger partial charge is 0.237 e. The van der Waals surface area contributed by atoms with E-state index in [4.69, 9.17) is 5.26 Å². The summed E-state index contributed by atoms with van der Waals surface area (Å²) < 4.78 is 0. The fourth-order valence-electron chi connectivity index (χ4n) is 2.11. The van der Waals surface area contributed by atoms with Crippen molar-refractivity contribution in [1.29, 1.82) is 5.26 Å². The van der Waals surface area contributed by atoms with Crippen LogP contribution >= 0.6 is 0 Å². The van der Waals surface area contributed by atoms with Crippen LogP contribution in [0, 0.1) is 17.2 Å². The average molecular weight is 272 g/mol. The van der Waals surface area contributed by atoms with E-state index >= 15 is 0 Å². The third kappa shape index (κ3) is 6.38. The number of hydrogen-bond donors (Lipinski definition) is 1. The molecule has 3 nitrogen and oxygen atoms in total. The highest BCUT2D eigenvalue weighted by atomic mass is 16.1. The molecule has 1 unspecified atom stereocenters. The van der Waals surface area contributed by atoms with E-state index in [0.717, 1.165) is 18.4 Å². The van der Waals surface area contributed by atoms with Gasteiger partial charge in [0.1, 0.15) is 5.92 Å². The number of carbonyl (C=O) groups is 1. The first-order valence-corrected chi connectivity index (χ1v) is 7.49. The van der Waals surface area contributed by atoms with Gasteiger partial charge in [-0.05, 0) is 12.0 Å². The van der Waals surface area contributed by atoms with E-state index in [1.807, 2.05) is 30.3 Å². The number of rotatable bonds is 9. The molecule has 0 saturated heterocycles. The molecule has 0 bridgehead atoms. The van der Waals surface area contributed by atoms with E-state index in [2.05, 4.69) is 18.3 Å². The van der Waals surface area contributed by atoms with Gasteiger partial charge in [0, 0.05) is 6.54 Å². The maximum atomic E-state index is 11.9. The van der Waals surface area contributed by atoms with E-state index < -0.39 is 5.92 Å². The zero-order chi connectivity index (χ0) is 14.6. The number of nitrogens with zero attached hydrogens (tertiary/aromatic N) is 1. The number of carbonyl (C=O) groups excluding carboxylic acids is 1. The molecule has 108 valence electrons. The predicted molar refractivity (Wildman–Crippen MR) is 80.8 cm³/mol. The Bertz CT molecular complexity index is 422. The van der Waals surface area contributed by atoms with Crippen molar-refractivity contribution in [3.05, 3.63) is 35.9 Å². The van der Waals surface area contributed by atoms with E-state index in [1.165, 1.54) is 19.3 Å². The molecule has 20 heavy (non-hydrogen) atoms. The van der Waals surface area contributed by atoms with Crippen LogP contribution in [0.2, 0.25) is 0 Å². The Kier molecular flexibility index (Phi) is 8.14. The molecule has 0 saturated carbocycles.